The molecule has 0 unspecified atom stereocenters. The van der Waals surface area contributed by atoms with Crippen molar-refractivity contribution >= 4 is 17.7 Å². The lowest BCUT2D eigenvalue weighted by Gasteiger charge is -2.35. The van der Waals surface area contributed by atoms with Crippen LogP contribution in [0, 0.1) is 11.7 Å². The van der Waals surface area contributed by atoms with Gasteiger partial charge in [0.2, 0.25) is 5.91 Å². The van der Waals surface area contributed by atoms with Gasteiger partial charge >= 0.3 is 0 Å². The van der Waals surface area contributed by atoms with Gasteiger partial charge in [-0.05, 0) is 74.6 Å². The Balaban J connectivity index is 1.26. The predicted molar refractivity (Wildman–Crippen MR) is 100 cm³/mol. The van der Waals surface area contributed by atoms with Crippen molar-refractivity contribution in [3.8, 4) is 0 Å². The molecule has 2 heterocycles. The number of halogens is 1. The van der Waals surface area contributed by atoms with Crippen LogP contribution in [0.1, 0.15) is 37.7 Å². The van der Waals surface area contributed by atoms with Gasteiger partial charge in [-0.2, -0.15) is 11.8 Å². The van der Waals surface area contributed by atoms with E-state index in [1.165, 1.54) is 56.0 Å². The third-order valence-electron chi connectivity index (χ3n) is 6.20. The van der Waals surface area contributed by atoms with E-state index in [0.29, 0.717) is 5.92 Å². The normalized spacial score (nSPS) is 26.5. The number of carbonyl (C=O) groups is 1. The summed E-state index contributed by atoms with van der Waals surface area (Å²) in [7, 11) is 0. The van der Waals surface area contributed by atoms with Crippen LogP contribution in [0.2, 0.25) is 0 Å². The first-order chi connectivity index (χ1) is 12.2. The second kappa shape index (κ2) is 7.28. The van der Waals surface area contributed by atoms with Crippen LogP contribution < -0.4 is 5.32 Å². The lowest BCUT2D eigenvalue weighted by atomic mass is 9.93. The zero-order chi connectivity index (χ0) is 17.3. The first-order valence-electron chi connectivity index (χ1n) is 9.53. The summed E-state index contributed by atoms with van der Waals surface area (Å²) in [5.74, 6) is 3.09. The van der Waals surface area contributed by atoms with Crippen molar-refractivity contribution in [1.82, 2.24) is 10.2 Å². The fourth-order valence-electron chi connectivity index (χ4n) is 4.28. The molecule has 2 aliphatic heterocycles. The molecule has 3 nitrogen and oxygen atoms in total. The Bertz CT molecular complexity index is 603. The zero-order valence-electron chi connectivity index (χ0n) is 14.7. The molecule has 3 aliphatic rings. The van der Waals surface area contributed by atoms with Crippen molar-refractivity contribution in [3.63, 3.8) is 0 Å². The van der Waals surface area contributed by atoms with Crippen LogP contribution in [0.4, 0.5) is 4.39 Å². The largest absolute Gasteiger partial charge is 0.355 e. The number of benzene rings is 1. The number of hydrogen-bond donors (Lipinski definition) is 1. The van der Waals surface area contributed by atoms with E-state index in [4.69, 9.17) is 0 Å². The van der Waals surface area contributed by atoms with Crippen LogP contribution in [0.3, 0.4) is 0 Å². The molecule has 0 aromatic heterocycles. The highest BCUT2D eigenvalue weighted by Gasteiger charge is 2.51. The van der Waals surface area contributed by atoms with E-state index in [1.807, 2.05) is 0 Å². The maximum Gasteiger partial charge on any atom is 0.230 e. The molecule has 5 heteroatoms. The third-order valence-corrected chi connectivity index (χ3v) is 7.35. The number of carbonyl (C=O) groups excluding carboxylic acids is 1. The molecule has 1 saturated carbocycles. The van der Waals surface area contributed by atoms with Gasteiger partial charge in [0.15, 0.2) is 0 Å². The summed E-state index contributed by atoms with van der Waals surface area (Å²) in [6.45, 7) is 3.14. The molecule has 1 aliphatic carbocycles. The smallest absolute Gasteiger partial charge is 0.230 e. The highest BCUT2D eigenvalue weighted by atomic mass is 32.2. The molecule has 1 aromatic carbocycles. The van der Waals surface area contributed by atoms with E-state index in [0.717, 1.165) is 31.0 Å². The number of hydrogen-bond acceptors (Lipinski definition) is 3. The van der Waals surface area contributed by atoms with Gasteiger partial charge in [-0.3, -0.25) is 9.69 Å². The fourth-order valence-corrected chi connectivity index (χ4v) is 5.53. The summed E-state index contributed by atoms with van der Waals surface area (Å²) in [5, 5.41) is 3.20. The van der Waals surface area contributed by atoms with Crippen molar-refractivity contribution < 1.29 is 9.18 Å². The Kier molecular flexibility index (Phi) is 5.05. The van der Waals surface area contributed by atoms with Crippen molar-refractivity contribution in [3.05, 3.63) is 35.6 Å². The SMILES string of the molecule is O=C(NCC1CCN([C@@H]2CCSC2)CC1)C1(c2ccc(F)cc2)CC1. The third kappa shape index (κ3) is 3.72. The van der Waals surface area contributed by atoms with Gasteiger partial charge in [0, 0.05) is 18.3 Å². The van der Waals surface area contributed by atoms with E-state index >= 15 is 0 Å². The minimum atomic E-state index is -0.393. The lowest BCUT2D eigenvalue weighted by molar-refractivity contribution is -0.123. The van der Waals surface area contributed by atoms with Crippen LogP contribution in [-0.4, -0.2) is 48.0 Å². The zero-order valence-corrected chi connectivity index (χ0v) is 15.5. The van der Waals surface area contributed by atoms with E-state index in [9.17, 15) is 9.18 Å². The van der Waals surface area contributed by atoms with Crippen molar-refractivity contribution in [2.75, 3.05) is 31.1 Å². The van der Waals surface area contributed by atoms with Gasteiger partial charge in [0.05, 0.1) is 5.41 Å². The topological polar surface area (TPSA) is 32.3 Å². The van der Waals surface area contributed by atoms with Crippen molar-refractivity contribution in [2.45, 2.75) is 43.6 Å². The van der Waals surface area contributed by atoms with Gasteiger partial charge < -0.3 is 5.32 Å². The maximum atomic E-state index is 13.1. The van der Waals surface area contributed by atoms with Crippen LogP contribution in [0.15, 0.2) is 24.3 Å². The number of thioether (sulfide) groups is 1. The average molecular weight is 363 g/mol. The number of rotatable bonds is 5. The molecule has 136 valence electrons. The van der Waals surface area contributed by atoms with Crippen LogP contribution in [-0.2, 0) is 10.2 Å². The Morgan fingerprint density at radius 1 is 1.20 bits per heavy atom. The van der Waals surface area contributed by atoms with Gasteiger partial charge in [0.1, 0.15) is 5.82 Å². The lowest BCUT2D eigenvalue weighted by Crippen LogP contribution is -2.44. The predicted octanol–water partition coefficient (Wildman–Crippen LogP) is 3.19. The number of nitrogens with zero attached hydrogens (tertiary/aromatic N) is 1. The van der Waals surface area contributed by atoms with E-state index < -0.39 is 5.41 Å². The van der Waals surface area contributed by atoms with Gasteiger partial charge in [0.25, 0.3) is 0 Å². The highest BCUT2D eigenvalue weighted by Crippen LogP contribution is 2.48. The summed E-state index contributed by atoms with van der Waals surface area (Å²) in [5.41, 5.74) is 0.565. The Morgan fingerprint density at radius 2 is 1.92 bits per heavy atom. The fraction of sp³-hybridized carbons (Fsp3) is 0.650. The highest BCUT2D eigenvalue weighted by molar-refractivity contribution is 7.99. The number of amides is 1. The molecular weight excluding hydrogens is 335 g/mol. The first-order valence-corrected chi connectivity index (χ1v) is 10.7. The Labute approximate surface area is 153 Å². The van der Waals surface area contributed by atoms with Crippen LogP contribution >= 0.6 is 11.8 Å². The van der Waals surface area contributed by atoms with Crippen molar-refractivity contribution in [2.24, 2.45) is 5.92 Å². The number of piperidine rings is 1. The van der Waals surface area contributed by atoms with E-state index in [2.05, 4.69) is 22.0 Å². The minimum Gasteiger partial charge on any atom is -0.355 e. The van der Waals surface area contributed by atoms with Gasteiger partial charge in [-0.25, -0.2) is 4.39 Å². The van der Waals surface area contributed by atoms with Gasteiger partial charge in [-0.15, -0.1) is 0 Å². The molecule has 3 fully saturated rings. The molecule has 4 rings (SSSR count). The first kappa shape index (κ1) is 17.3. The molecule has 1 aromatic rings. The van der Waals surface area contributed by atoms with Crippen LogP contribution in [0.5, 0.6) is 0 Å². The molecule has 1 amide bonds. The second-order valence-corrected chi connectivity index (χ2v) is 8.95. The minimum absolute atomic E-state index is 0.133. The molecule has 0 spiro atoms. The van der Waals surface area contributed by atoms with E-state index in [1.54, 1.807) is 12.1 Å². The molecular formula is C20H27FN2OS. The molecule has 0 bridgehead atoms. The molecule has 1 N–H and O–H groups in total. The van der Waals surface area contributed by atoms with E-state index in [-0.39, 0.29) is 11.7 Å². The molecule has 0 radical (unpaired) electrons. The number of likely N-dealkylation sites (tertiary alicyclic amines) is 1. The monoisotopic (exact) mass is 362 g/mol. The Hall–Kier alpha value is -1.07. The second-order valence-electron chi connectivity index (χ2n) is 7.80. The van der Waals surface area contributed by atoms with Crippen LogP contribution in [0.25, 0.3) is 0 Å². The average Bonchev–Trinajstić information content (AvgIpc) is 3.27. The summed E-state index contributed by atoms with van der Waals surface area (Å²) >= 11 is 2.08. The maximum absolute atomic E-state index is 13.1. The summed E-state index contributed by atoms with van der Waals surface area (Å²) in [6, 6.07) is 7.23. The van der Waals surface area contributed by atoms with Gasteiger partial charge in [-0.1, -0.05) is 12.1 Å². The Morgan fingerprint density at radius 3 is 2.52 bits per heavy atom. The number of nitrogens with one attached hydrogen (secondary N) is 1. The summed E-state index contributed by atoms with van der Waals surface area (Å²) in [4.78, 5) is 15.4. The summed E-state index contributed by atoms with van der Waals surface area (Å²) < 4.78 is 13.1. The standard InChI is InChI=1S/C20H27FN2OS/c21-17-3-1-16(2-4-17)20(8-9-20)19(24)22-13-15-5-10-23(11-6-15)18-7-12-25-14-18/h1-4,15,18H,5-14H2,(H,22,24)/t18-/m1/s1. The molecule has 25 heavy (non-hydrogen) atoms. The quantitative estimate of drug-likeness (QED) is 0.873. The summed E-state index contributed by atoms with van der Waals surface area (Å²) in [6.07, 6.45) is 5.47. The van der Waals surface area contributed by atoms with Crippen molar-refractivity contribution in [1.29, 1.82) is 0 Å². The molecule has 1 atom stereocenters. The molecule has 2 saturated heterocycles.